The maximum absolute atomic E-state index is 13.2. The number of carbonyl (C=O) groups is 1. The molecule has 4 heterocycles. The van der Waals surface area contributed by atoms with Gasteiger partial charge in [0.25, 0.3) is 5.91 Å². The fourth-order valence-corrected chi connectivity index (χ4v) is 6.04. The molecule has 9 nitrogen and oxygen atoms in total. The van der Waals surface area contributed by atoms with Crippen LogP contribution in [0.15, 0.2) is 6.33 Å². The zero-order chi connectivity index (χ0) is 22.9. The van der Waals surface area contributed by atoms with E-state index in [0.717, 1.165) is 43.4 Å². The highest BCUT2D eigenvalue weighted by Gasteiger charge is 2.39. The lowest BCUT2D eigenvalue weighted by molar-refractivity contribution is -0.140. The van der Waals surface area contributed by atoms with Gasteiger partial charge in [-0.15, -0.1) is 0 Å². The third-order valence-corrected chi connectivity index (χ3v) is 8.87. The maximum Gasteiger partial charge on any atom is 0.260 e. The fourth-order valence-electron chi connectivity index (χ4n) is 5.07. The summed E-state index contributed by atoms with van der Waals surface area (Å²) in [6.07, 6.45) is 6.67. The van der Waals surface area contributed by atoms with E-state index >= 15 is 0 Å². The summed E-state index contributed by atoms with van der Waals surface area (Å²) in [5, 5.41) is -0.540. The topological polar surface area (TPSA) is 111 Å². The predicted octanol–water partition coefficient (Wildman–Crippen LogP) is 1.91. The number of ether oxygens (including phenoxy) is 2. The summed E-state index contributed by atoms with van der Waals surface area (Å²) in [5.74, 6) is 0.594. The fraction of sp³-hybridized carbons (Fsp3) is 0.773. The molecule has 0 spiro atoms. The van der Waals surface area contributed by atoms with E-state index in [4.69, 9.17) is 9.47 Å². The number of fused-ring (bicyclic) bond motifs is 5. The van der Waals surface area contributed by atoms with Gasteiger partial charge in [-0.25, -0.2) is 23.1 Å². The Bertz CT molecular complexity index is 930. The zero-order valence-corrected chi connectivity index (χ0v) is 19.9. The monoisotopic (exact) mass is 466 g/mol. The van der Waals surface area contributed by atoms with E-state index in [1.807, 2.05) is 6.92 Å². The number of aryl methyl sites for hydroxylation is 1. The number of rotatable bonds is 3. The third kappa shape index (κ3) is 4.92. The molecule has 2 bridgehead atoms. The van der Waals surface area contributed by atoms with Crippen molar-refractivity contribution in [2.45, 2.75) is 88.7 Å². The van der Waals surface area contributed by atoms with Crippen LogP contribution in [0.2, 0.25) is 0 Å². The number of hydrogen-bond acceptors (Lipinski definition) is 7. The van der Waals surface area contributed by atoms with Crippen LogP contribution in [-0.2, 0) is 19.6 Å². The summed E-state index contributed by atoms with van der Waals surface area (Å²) in [6.45, 7) is 6.00. The van der Waals surface area contributed by atoms with Gasteiger partial charge in [0.1, 0.15) is 6.33 Å². The molecule has 3 aliphatic heterocycles. The van der Waals surface area contributed by atoms with Crippen LogP contribution in [0.3, 0.4) is 0 Å². The largest absolute Gasteiger partial charge is 0.467 e. The SMILES string of the molecule is Cc1ncnc2c1C1CCC(CC1)OCC1[C@@H](NS(=O)(=O)C(C)C)CCCN1C(=O)CO2. The van der Waals surface area contributed by atoms with Gasteiger partial charge in [-0.2, -0.15) is 0 Å². The Labute approximate surface area is 190 Å². The zero-order valence-electron chi connectivity index (χ0n) is 19.1. The van der Waals surface area contributed by atoms with Crippen LogP contribution in [-0.4, -0.2) is 72.4 Å². The molecule has 32 heavy (non-hydrogen) atoms. The maximum atomic E-state index is 13.2. The first-order chi connectivity index (χ1) is 15.3. The lowest BCUT2D eigenvalue weighted by atomic mass is 9.82. The molecular weight excluding hydrogens is 432 g/mol. The van der Waals surface area contributed by atoms with E-state index in [9.17, 15) is 13.2 Å². The third-order valence-electron chi connectivity index (χ3n) is 7.00. The van der Waals surface area contributed by atoms with Crippen LogP contribution in [0.5, 0.6) is 5.88 Å². The normalized spacial score (nSPS) is 29.4. The first-order valence-electron chi connectivity index (χ1n) is 11.6. The van der Waals surface area contributed by atoms with Crippen molar-refractivity contribution < 1.29 is 22.7 Å². The molecule has 0 radical (unpaired) electrons. The standard InChI is InChI=1S/C22H34N4O5S/c1-14(2)32(28,29)25-18-5-4-10-26-19(18)11-30-17-8-6-16(7-9-17)21-15(3)23-13-24-22(21)31-12-20(26)27/h13-14,16-19,25H,4-12H2,1-3H3/t16?,17?,18-,19?/m0/s1. The number of nitrogens with one attached hydrogen (secondary N) is 1. The van der Waals surface area contributed by atoms with Crippen LogP contribution in [0.4, 0.5) is 0 Å². The Kier molecular flexibility index (Phi) is 7.02. The summed E-state index contributed by atoms with van der Waals surface area (Å²) in [4.78, 5) is 23.6. The molecule has 178 valence electrons. The van der Waals surface area contributed by atoms with Crippen molar-refractivity contribution in [2.75, 3.05) is 19.8 Å². The minimum atomic E-state index is -3.47. The minimum absolute atomic E-state index is 0.0996. The molecule has 1 amide bonds. The van der Waals surface area contributed by atoms with Crippen LogP contribution in [0.25, 0.3) is 0 Å². The highest BCUT2D eigenvalue weighted by Crippen LogP contribution is 2.39. The van der Waals surface area contributed by atoms with Crippen molar-refractivity contribution in [2.24, 2.45) is 0 Å². The smallest absolute Gasteiger partial charge is 0.260 e. The van der Waals surface area contributed by atoms with Gasteiger partial charge in [0.05, 0.1) is 24.0 Å². The molecule has 1 saturated carbocycles. The highest BCUT2D eigenvalue weighted by atomic mass is 32.2. The van der Waals surface area contributed by atoms with Crippen molar-refractivity contribution in [1.82, 2.24) is 19.6 Å². The van der Waals surface area contributed by atoms with Crippen molar-refractivity contribution in [3.63, 3.8) is 0 Å². The van der Waals surface area contributed by atoms with Gasteiger partial charge >= 0.3 is 0 Å². The average Bonchev–Trinajstić information content (AvgIpc) is 2.77. The Balaban J connectivity index is 1.62. The molecule has 1 aromatic heterocycles. The lowest BCUT2D eigenvalue weighted by Crippen LogP contribution is -2.60. The predicted molar refractivity (Wildman–Crippen MR) is 119 cm³/mol. The first-order valence-corrected chi connectivity index (χ1v) is 13.2. The van der Waals surface area contributed by atoms with Gasteiger partial charge in [0.2, 0.25) is 15.9 Å². The molecule has 2 fully saturated rings. The molecule has 4 aliphatic rings. The van der Waals surface area contributed by atoms with Gasteiger partial charge in [0.15, 0.2) is 6.61 Å². The van der Waals surface area contributed by atoms with E-state index in [0.29, 0.717) is 25.5 Å². The van der Waals surface area contributed by atoms with E-state index in [1.54, 1.807) is 18.7 Å². The van der Waals surface area contributed by atoms with Gasteiger partial charge in [-0.1, -0.05) is 0 Å². The molecule has 1 unspecified atom stereocenters. The van der Waals surface area contributed by atoms with Crippen LogP contribution in [0.1, 0.15) is 69.5 Å². The number of aromatic nitrogens is 2. The molecule has 1 N–H and O–H groups in total. The molecule has 5 rings (SSSR count). The van der Waals surface area contributed by atoms with Gasteiger partial charge in [0, 0.05) is 23.8 Å². The van der Waals surface area contributed by atoms with Gasteiger partial charge in [-0.05, 0) is 65.2 Å². The van der Waals surface area contributed by atoms with Gasteiger partial charge < -0.3 is 14.4 Å². The Morgan fingerprint density at radius 2 is 1.91 bits per heavy atom. The quantitative estimate of drug-likeness (QED) is 0.724. The number of piperidine rings is 1. The van der Waals surface area contributed by atoms with E-state index in [2.05, 4.69) is 14.7 Å². The van der Waals surface area contributed by atoms with Crippen molar-refractivity contribution in [1.29, 1.82) is 0 Å². The lowest BCUT2D eigenvalue weighted by Gasteiger charge is -2.42. The second kappa shape index (κ2) is 9.61. The van der Waals surface area contributed by atoms with E-state index < -0.39 is 15.3 Å². The molecule has 1 saturated heterocycles. The van der Waals surface area contributed by atoms with E-state index in [-0.39, 0.29) is 36.6 Å². The van der Waals surface area contributed by atoms with Crippen molar-refractivity contribution in [3.8, 4) is 5.88 Å². The summed E-state index contributed by atoms with van der Waals surface area (Å²) in [6, 6.07) is -0.739. The Hall–Kier alpha value is -1.78. The first kappa shape index (κ1) is 23.4. The average molecular weight is 467 g/mol. The second-order valence-electron chi connectivity index (χ2n) is 9.39. The number of nitrogens with zero attached hydrogens (tertiary/aromatic N) is 3. The molecule has 0 aromatic carbocycles. The van der Waals surface area contributed by atoms with E-state index in [1.165, 1.54) is 6.33 Å². The number of amides is 1. The number of sulfonamides is 1. The van der Waals surface area contributed by atoms with Crippen molar-refractivity contribution >= 4 is 15.9 Å². The number of carbonyl (C=O) groups excluding carboxylic acids is 1. The molecule has 1 aromatic rings. The van der Waals surface area contributed by atoms with Crippen LogP contribution >= 0.6 is 0 Å². The number of hydrogen-bond donors (Lipinski definition) is 1. The Morgan fingerprint density at radius 3 is 2.62 bits per heavy atom. The summed E-state index contributed by atoms with van der Waals surface area (Å²) in [5.41, 5.74) is 1.89. The molecular formula is C22H34N4O5S. The molecule has 2 atom stereocenters. The van der Waals surface area contributed by atoms with Crippen LogP contribution in [0, 0.1) is 6.92 Å². The minimum Gasteiger partial charge on any atom is -0.467 e. The van der Waals surface area contributed by atoms with Crippen LogP contribution < -0.4 is 9.46 Å². The second-order valence-corrected chi connectivity index (χ2v) is 11.7. The summed E-state index contributed by atoms with van der Waals surface area (Å²) >= 11 is 0. The van der Waals surface area contributed by atoms with Gasteiger partial charge in [-0.3, -0.25) is 4.79 Å². The Morgan fingerprint density at radius 1 is 1.16 bits per heavy atom. The summed E-state index contributed by atoms with van der Waals surface area (Å²) < 4.78 is 40.2. The molecule has 10 heteroatoms. The highest BCUT2D eigenvalue weighted by molar-refractivity contribution is 7.90. The van der Waals surface area contributed by atoms with Crippen molar-refractivity contribution in [3.05, 3.63) is 17.6 Å². The summed E-state index contributed by atoms with van der Waals surface area (Å²) in [7, 11) is -3.47. The molecule has 1 aliphatic carbocycles.